The van der Waals surface area contributed by atoms with Gasteiger partial charge in [0.1, 0.15) is 0 Å². The molecule has 14 heavy (non-hydrogen) atoms. The zero-order valence-electron chi connectivity index (χ0n) is 8.52. The molecule has 3 nitrogen and oxygen atoms in total. The maximum Gasteiger partial charge on any atom is 0.0599 e. The normalized spacial score (nSPS) is 13.4. The molecule has 0 spiro atoms. The summed E-state index contributed by atoms with van der Waals surface area (Å²) in [5.41, 5.74) is 5.59. The third kappa shape index (κ3) is 3.06. The first kappa shape index (κ1) is 11.7. The van der Waals surface area contributed by atoms with Crippen molar-refractivity contribution < 1.29 is 5.11 Å². The van der Waals surface area contributed by atoms with Crippen LogP contribution in [0.4, 0.5) is 0 Å². The fourth-order valence-electron chi connectivity index (χ4n) is 1.44. The summed E-state index contributed by atoms with van der Waals surface area (Å²) >= 11 is 1.74. The van der Waals surface area contributed by atoms with Gasteiger partial charge in [0.05, 0.1) is 6.61 Å². The Hall–Kier alpha value is -0.420. The topological polar surface area (TPSA) is 49.5 Å². The average Bonchev–Trinajstić information content (AvgIpc) is 2.70. The number of rotatable bonds is 6. The van der Waals surface area contributed by atoms with E-state index in [0.717, 1.165) is 13.1 Å². The lowest BCUT2D eigenvalue weighted by atomic mass is 10.2. The predicted molar refractivity (Wildman–Crippen MR) is 60.3 cm³/mol. The van der Waals surface area contributed by atoms with Crippen LogP contribution in [0.5, 0.6) is 0 Å². The fraction of sp³-hybridized carbons (Fsp3) is 0.600. The van der Waals surface area contributed by atoms with Crippen LogP contribution in [0.15, 0.2) is 17.5 Å². The molecule has 0 aliphatic rings. The minimum Gasteiger partial charge on any atom is -0.395 e. The van der Waals surface area contributed by atoms with Crippen LogP contribution >= 0.6 is 11.3 Å². The van der Waals surface area contributed by atoms with Gasteiger partial charge in [0.25, 0.3) is 0 Å². The summed E-state index contributed by atoms with van der Waals surface area (Å²) < 4.78 is 0. The van der Waals surface area contributed by atoms with Gasteiger partial charge < -0.3 is 10.8 Å². The number of hydrogen-bond donors (Lipinski definition) is 2. The quantitative estimate of drug-likeness (QED) is 0.739. The maximum atomic E-state index is 9.14. The Morgan fingerprint density at radius 2 is 2.43 bits per heavy atom. The highest BCUT2D eigenvalue weighted by Crippen LogP contribution is 2.13. The standard InChI is InChI=1S/C10H18N2OS/c1-2-12(9(6-11)8-13)7-10-4-3-5-14-10/h3-5,9,13H,2,6-8,11H2,1H3. The summed E-state index contributed by atoms with van der Waals surface area (Å²) in [5.74, 6) is 0. The molecule has 1 aromatic rings. The predicted octanol–water partition coefficient (Wildman–Crippen LogP) is 0.890. The highest BCUT2D eigenvalue weighted by molar-refractivity contribution is 7.09. The van der Waals surface area contributed by atoms with Crippen LogP contribution in [-0.2, 0) is 6.54 Å². The average molecular weight is 214 g/mol. The Morgan fingerprint density at radius 1 is 1.64 bits per heavy atom. The Kier molecular flexibility index (Phi) is 5.11. The number of nitrogens with zero attached hydrogens (tertiary/aromatic N) is 1. The van der Waals surface area contributed by atoms with Crippen LogP contribution in [0, 0.1) is 0 Å². The first-order chi connectivity index (χ1) is 6.81. The number of hydrogen-bond acceptors (Lipinski definition) is 4. The molecule has 0 aliphatic heterocycles. The van der Waals surface area contributed by atoms with E-state index in [1.54, 1.807) is 11.3 Å². The molecule has 1 atom stereocenters. The van der Waals surface area contributed by atoms with E-state index in [-0.39, 0.29) is 12.6 Å². The van der Waals surface area contributed by atoms with Crippen molar-refractivity contribution in [3.05, 3.63) is 22.4 Å². The molecule has 1 heterocycles. The second-order valence-electron chi connectivity index (χ2n) is 3.21. The molecule has 1 unspecified atom stereocenters. The lowest BCUT2D eigenvalue weighted by Gasteiger charge is -2.27. The Labute approximate surface area is 89.2 Å². The first-order valence-corrected chi connectivity index (χ1v) is 5.77. The monoisotopic (exact) mass is 214 g/mol. The van der Waals surface area contributed by atoms with Gasteiger partial charge in [-0.2, -0.15) is 0 Å². The van der Waals surface area contributed by atoms with Gasteiger partial charge in [-0.25, -0.2) is 0 Å². The van der Waals surface area contributed by atoms with Crippen molar-refractivity contribution >= 4 is 11.3 Å². The van der Waals surface area contributed by atoms with Crippen LogP contribution in [0.1, 0.15) is 11.8 Å². The summed E-state index contributed by atoms with van der Waals surface area (Å²) in [6.45, 7) is 4.54. The first-order valence-electron chi connectivity index (χ1n) is 4.89. The molecule has 0 bridgehead atoms. The summed E-state index contributed by atoms with van der Waals surface area (Å²) in [7, 11) is 0. The minimum atomic E-state index is 0.0853. The second-order valence-corrected chi connectivity index (χ2v) is 4.25. The highest BCUT2D eigenvalue weighted by atomic mass is 32.1. The van der Waals surface area contributed by atoms with Crippen molar-refractivity contribution in [2.75, 3.05) is 19.7 Å². The van der Waals surface area contributed by atoms with Gasteiger partial charge in [-0.05, 0) is 18.0 Å². The number of likely N-dealkylation sites (N-methyl/N-ethyl adjacent to an activating group) is 1. The third-order valence-corrected chi connectivity index (χ3v) is 3.21. The number of nitrogens with two attached hydrogens (primary N) is 1. The Bertz CT molecular complexity index is 234. The lowest BCUT2D eigenvalue weighted by Crippen LogP contribution is -2.42. The van der Waals surface area contributed by atoms with Crippen molar-refractivity contribution in [1.29, 1.82) is 0 Å². The Morgan fingerprint density at radius 3 is 2.86 bits per heavy atom. The summed E-state index contributed by atoms with van der Waals surface area (Å²) in [6, 6.07) is 4.24. The zero-order valence-corrected chi connectivity index (χ0v) is 9.33. The lowest BCUT2D eigenvalue weighted by molar-refractivity contribution is 0.127. The number of thiophene rings is 1. The zero-order chi connectivity index (χ0) is 10.4. The molecule has 4 heteroatoms. The van der Waals surface area contributed by atoms with Crippen LogP contribution in [0.25, 0.3) is 0 Å². The molecule has 0 fully saturated rings. The molecule has 1 rings (SSSR count). The van der Waals surface area contributed by atoms with Gasteiger partial charge in [0.15, 0.2) is 0 Å². The van der Waals surface area contributed by atoms with Gasteiger partial charge in [0, 0.05) is 24.0 Å². The molecule has 0 amide bonds. The summed E-state index contributed by atoms with van der Waals surface area (Å²) in [6.07, 6.45) is 0. The van der Waals surface area contributed by atoms with E-state index < -0.39 is 0 Å². The van der Waals surface area contributed by atoms with Crippen molar-refractivity contribution in [2.24, 2.45) is 5.73 Å². The third-order valence-electron chi connectivity index (χ3n) is 2.34. The van der Waals surface area contributed by atoms with Crippen LogP contribution < -0.4 is 5.73 Å². The molecule has 0 saturated heterocycles. The highest BCUT2D eigenvalue weighted by Gasteiger charge is 2.14. The molecule has 1 aromatic heterocycles. The molecular formula is C10H18N2OS. The largest absolute Gasteiger partial charge is 0.395 e. The smallest absolute Gasteiger partial charge is 0.0599 e. The summed E-state index contributed by atoms with van der Waals surface area (Å²) in [5, 5.41) is 11.2. The Balaban J connectivity index is 2.53. The van der Waals surface area contributed by atoms with Crippen molar-refractivity contribution in [2.45, 2.75) is 19.5 Å². The van der Waals surface area contributed by atoms with Crippen LogP contribution in [-0.4, -0.2) is 35.7 Å². The second kappa shape index (κ2) is 6.14. The molecule has 80 valence electrons. The molecular weight excluding hydrogens is 196 g/mol. The van der Waals surface area contributed by atoms with E-state index in [1.807, 2.05) is 6.07 Å². The number of aliphatic hydroxyl groups is 1. The maximum absolute atomic E-state index is 9.14. The van der Waals surface area contributed by atoms with Crippen LogP contribution in [0.3, 0.4) is 0 Å². The molecule has 0 saturated carbocycles. The van der Waals surface area contributed by atoms with Crippen molar-refractivity contribution in [3.8, 4) is 0 Å². The van der Waals surface area contributed by atoms with E-state index in [1.165, 1.54) is 4.88 Å². The van der Waals surface area contributed by atoms with Crippen molar-refractivity contribution in [1.82, 2.24) is 4.90 Å². The molecule has 3 N–H and O–H groups in total. The minimum absolute atomic E-state index is 0.0853. The van der Waals surface area contributed by atoms with Crippen molar-refractivity contribution in [3.63, 3.8) is 0 Å². The molecule has 0 aliphatic carbocycles. The van der Waals surface area contributed by atoms with E-state index in [2.05, 4.69) is 23.3 Å². The number of aliphatic hydroxyl groups excluding tert-OH is 1. The molecule has 0 aromatic carbocycles. The van der Waals surface area contributed by atoms with E-state index in [0.29, 0.717) is 6.54 Å². The van der Waals surface area contributed by atoms with Gasteiger partial charge in [-0.15, -0.1) is 11.3 Å². The van der Waals surface area contributed by atoms with Crippen LogP contribution in [0.2, 0.25) is 0 Å². The fourth-order valence-corrected chi connectivity index (χ4v) is 2.17. The summed E-state index contributed by atoms with van der Waals surface area (Å²) in [4.78, 5) is 3.52. The van der Waals surface area contributed by atoms with E-state index >= 15 is 0 Å². The van der Waals surface area contributed by atoms with Gasteiger partial charge in [0.2, 0.25) is 0 Å². The molecule has 0 radical (unpaired) electrons. The van der Waals surface area contributed by atoms with Gasteiger partial charge in [-0.1, -0.05) is 13.0 Å². The SMILES string of the molecule is CCN(Cc1cccs1)C(CN)CO. The van der Waals surface area contributed by atoms with Gasteiger partial charge in [-0.3, -0.25) is 4.90 Å². The van der Waals surface area contributed by atoms with E-state index in [9.17, 15) is 0 Å². The van der Waals surface area contributed by atoms with Gasteiger partial charge >= 0.3 is 0 Å². The van der Waals surface area contributed by atoms with E-state index in [4.69, 9.17) is 10.8 Å².